The molecule has 3 rings (SSSR count). The number of likely N-dealkylation sites (N-methyl/N-ethyl adjacent to an activating group) is 1. The monoisotopic (exact) mass is 450 g/mol. The second kappa shape index (κ2) is 10.4. The summed E-state index contributed by atoms with van der Waals surface area (Å²) in [6.07, 6.45) is 1.49. The molecule has 2 heterocycles. The average molecular weight is 450 g/mol. The summed E-state index contributed by atoms with van der Waals surface area (Å²) in [5.74, 6) is -1.60. The van der Waals surface area contributed by atoms with Crippen LogP contribution in [0.3, 0.4) is 0 Å². The van der Waals surface area contributed by atoms with E-state index in [0.717, 1.165) is 37.9 Å². The van der Waals surface area contributed by atoms with Crippen molar-refractivity contribution in [3.63, 3.8) is 0 Å². The Kier molecular flexibility index (Phi) is 7.58. The quantitative estimate of drug-likeness (QED) is 0.610. The zero-order valence-corrected chi connectivity index (χ0v) is 18.0. The van der Waals surface area contributed by atoms with Gasteiger partial charge in [0, 0.05) is 31.3 Å². The number of hydrogen-bond acceptors (Lipinski definition) is 8. The number of rotatable bonds is 7. The molecule has 0 spiro atoms. The molecule has 1 aliphatic heterocycles. The van der Waals surface area contributed by atoms with Crippen molar-refractivity contribution in [2.45, 2.75) is 13.0 Å². The molecule has 1 N–H and O–H groups in total. The van der Waals surface area contributed by atoms with Crippen LogP contribution in [0.15, 0.2) is 35.0 Å². The van der Waals surface area contributed by atoms with Gasteiger partial charge < -0.3 is 24.9 Å². The van der Waals surface area contributed by atoms with Gasteiger partial charge >= 0.3 is 0 Å². The lowest BCUT2D eigenvalue weighted by Crippen LogP contribution is -2.64. The molecule has 1 saturated heterocycles. The number of carbonyl (C=O) groups is 3. The van der Waals surface area contributed by atoms with Crippen LogP contribution in [0.1, 0.15) is 17.3 Å². The summed E-state index contributed by atoms with van der Waals surface area (Å²) in [6.45, 7) is 4.50. The predicted molar refractivity (Wildman–Crippen MR) is 111 cm³/mol. The highest BCUT2D eigenvalue weighted by atomic mass is 32.2. The second-order valence-corrected chi connectivity index (χ2v) is 8.02. The topological polar surface area (TPSA) is 114 Å². The Bertz CT molecular complexity index is 930. The fourth-order valence-electron chi connectivity index (χ4n) is 2.85. The average Bonchev–Trinajstić information content (AvgIpc) is 3.20. The van der Waals surface area contributed by atoms with Crippen LogP contribution in [-0.4, -0.2) is 72.1 Å². The molecular weight excluding hydrogens is 427 g/mol. The summed E-state index contributed by atoms with van der Waals surface area (Å²) in [5.41, 5.74) is 0.292. The number of benzene rings is 1. The van der Waals surface area contributed by atoms with Crippen LogP contribution in [-0.2, 0) is 9.59 Å². The highest BCUT2D eigenvalue weighted by Crippen LogP contribution is 2.19. The van der Waals surface area contributed by atoms with Gasteiger partial charge in [-0.3, -0.25) is 9.59 Å². The first kappa shape index (κ1) is 22.7. The Labute approximate surface area is 182 Å². The largest absolute Gasteiger partial charge is 0.586 e. The summed E-state index contributed by atoms with van der Waals surface area (Å²) in [7, 11) is 2.03. The van der Waals surface area contributed by atoms with E-state index in [9.17, 15) is 18.8 Å². The Morgan fingerprint density at radius 1 is 1.26 bits per heavy atom. The molecule has 31 heavy (non-hydrogen) atoms. The van der Waals surface area contributed by atoms with Crippen molar-refractivity contribution in [2.24, 2.45) is 0 Å². The SMILES string of the molecule is CC(=O)N[C@@H](CSC(=O)c1ccc(F)cc1)C(=O)[N-]c1c[n+](N2CCN(C)CC2)no1. The van der Waals surface area contributed by atoms with Gasteiger partial charge in [-0.1, -0.05) is 11.8 Å². The van der Waals surface area contributed by atoms with Gasteiger partial charge in [0.05, 0.1) is 29.8 Å². The van der Waals surface area contributed by atoms with Crippen LogP contribution < -0.4 is 15.1 Å². The van der Waals surface area contributed by atoms with Crippen LogP contribution in [0.4, 0.5) is 10.3 Å². The first-order valence-corrected chi connectivity index (χ1v) is 10.6. The van der Waals surface area contributed by atoms with E-state index in [1.807, 2.05) is 12.1 Å². The van der Waals surface area contributed by atoms with Crippen molar-refractivity contribution < 1.29 is 28.1 Å². The molecule has 0 unspecified atom stereocenters. The molecule has 1 aromatic carbocycles. The minimum Gasteiger partial charge on any atom is -0.586 e. The van der Waals surface area contributed by atoms with Gasteiger partial charge in [0.1, 0.15) is 11.7 Å². The van der Waals surface area contributed by atoms with Crippen LogP contribution in [0.25, 0.3) is 5.32 Å². The fraction of sp³-hybridized carbons (Fsp3) is 0.421. The number of aromatic nitrogens is 2. The summed E-state index contributed by atoms with van der Waals surface area (Å²) in [6, 6.07) is 4.04. The maximum atomic E-state index is 13.0. The fourth-order valence-corrected chi connectivity index (χ4v) is 3.69. The van der Waals surface area contributed by atoms with E-state index in [2.05, 4.69) is 20.8 Å². The predicted octanol–water partition coefficient (Wildman–Crippen LogP) is 0.595. The third-order valence-electron chi connectivity index (χ3n) is 4.57. The molecule has 1 aromatic heterocycles. The molecular formula is C19H23FN6O4S. The maximum absolute atomic E-state index is 13.0. The lowest BCUT2D eigenvalue weighted by Gasteiger charge is -2.26. The molecule has 0 aliphatic carbocycles. The van der Waals surface area contributed by atoms with Gasteiger partial charge in [0.25, 0.3) is 6.20 Å². The van der Waals surface area contributed by atoms with Gasteiger partial charge in [-0.25, -0.2) is 4.39 Å². The first-order chi connectivity index (χ1) is 14.8. The van der Waals surface area contributed by atoms with Gasteiger partial charge in [-0.15, -0.1) is 0 Å². The Morgan fingerprint density at radius 2 is 1.94 bits per heavy atom. The van der Waals surface area contributed by atoms with Gasteiger partial charge in [0.15, 0.2) is 0 Å². The second-order valence-electron chi connectivity index (χ2n) is 7.03. The smallest absolute Gasteiger partial charge is 0.257 e. The molecule has 2 aromatic rings. The number of nitrogens with zero attached hydrogens (tertiary/aromatic N) is 5. The van der Waals surface area contributed by atoms with Crippen molar-refractivity contribution in [3.8, 4) is 0 Å². The molecule has 0 bridgehead atoms. The lowest BCUT2D eigenvalue weighted by molar-refractivity contribution is -0.759. The van der Waals surface area contributed by atoms with Gasteiger partial charge in [-0.2, -0.15) is 5.01 Å². The first-order valence-electron chi connectivity index (χ1n) is 9.59. The molecule has 1 atom stereocenters. The number of piperazine rings is 1. The zero-order chi connectivity index (χ0) is 22.4. The minimum absolute atomic E-state index is 0.00542. The van der Waals surface area contributed by atoms with Gasteiger partial charge in [-0.05, 0) is 31.3 Å². The summed E-state index contributed by atoms with van der Waals surface area (Å²) in [5, 5.41) is 11.9. The normalized spacial score (nSPS) is 15.4. The Morgan fingerprint density at radius 3 is 2.58 bits per heavy atom. The van der Waals surface area contributed by atoms with Crippen molar-refractivity contribution in [2.75, 3.05) is 44.0 Å². The Hall–Kier alpha value is -2.99. The summed E-state index contributed by atoms with van der Waals surface area (Å²) >= 11 is 0.831. The molecule has 0 saturated carbocycles. The van der Waals surface area contributed by atoms with E-state index in [1.165, 1.54) is 42.2 Å². The van der Waals surface area contributed by atoms with E-state index in [4.69, 9.17) is 4.52 Å². The molecule has 12 heteroatoms. The minimum atomic E-state index is -1.03. The Balaban J connectivity index is 1.58. The lowest BCUT2D eigenvalue weighted by atomic mass is 10.2. The molecule has 166 valence electrons. The van der Waals surface area contributed by atoms with E-state index < -0.39 is 23.7 Å². The van der Waals surface area contributed by atoms with Crippen molar-refractivity contribution in [3.05, 3.63) is 47.2 Å². The van der Waals surface area contributed by atoms with E-state index >= 15 is 0 Å². The van der Waals surface area contributed by atoms with E-state index in [0.29, 0.717) is 5.56 Å². The van der Waals surface area contributed by atoms with E-state index in [-0.39, 0.29) is 16.8 Å². The number of amides is 2. The summed E-state index contributed by atoms with van der Waals surface area (Å²) in [4.78, 5) is 40.1. The highest BCUT2D eigenvalue weighted by molar-refractivity contribution is 8.14. The standard InChI is InChI=1S/C19H23FN6O4S/c1-13(27)21-16(12-31-19(29)14-3-5-15(20)6-4-14)18(28)22-17-11-26(23-30-17)25-9-7-24(2)8-10-25/h3-6,11,16H,7-10,12H2,1-2H3,(H-,21,22,23,27,28)/t16-/m0/s1. The third-order valence-corrected chi connectivity index (χ3v) is 5.57. The van der Waals surface area contributed by atoms with Crippen molar-refractivity contribution in [1.29, 1.82) is 0 Å². The molecule has 10 nitrogen and oxygen atoms in total. The van der Waals surface area contributed by atoms with Crippen molar-refractivity contribution in [1.82, 2.24) is 15.5 Å². The van der Waals surface area contributed by atoms with Crippen LogP contribution in [0, 0.1) is 5.82 Å². The highest BCUT2D eigenvalue weighted by Gasteiger charge is 2.24. The molecule has 2 amide bonds. The van der Waals surface area contributed by atoms with Crippen molar-refractivity contribution >= 4 is 34.6 Å². The third kappa shape index (κ3) is 6.49. The molecule has 1 fully saturated rings. The zero-order valence-electron chi connectivity index (χ0n) is 17.2. The number of hydrogen-bond donors (Lipinski definition) is 1. The number of nitrogens with one attached hydrogen (secondary N) is 1. The summed E-state index contributed by atoms with van der Waals surface area (Å²) < 4.78 is 18.1. The van der Waals surface area contributed by atoms with Gasteiger partial charge in [0.2, 0.25) is 16.3 Å². The van der Waals surface area contributed by atoms with E-state index in [1.54, 1.807) is 0 Å². The van der Waals surface area contributed by atoms with Crippen LogP contribution in [0.5, 0.6) is 0 Å². The number of halogens is 1. The van der Waals surface area contributed by atoms with Crippen LogP contribution >= 0.6 is 11.8 Å². The van der Waals surface area contributed by atoms with Crippen LogP contribution in [0.2, 0.25) is 0 Å². The molecule has 1 aliphatic rings. The maximum Gasteiger partial charge on any atom is 0.257 e. The number of thioether (sulfide) groups is 1. The number of carbonyl (C=O) groups excluding carboxylic acids is 3. The molecule has 0 radical (unpaired) electrons.